The second-order valence-corrected chi connectivity index (χ2v) is 8.73. The lowest BCUT2D eigenvalue weighted by Gasteiger charge is -2.21. The number of rotatable bonds is 8. The zero-order valence-electron chi connectivity index (χ0n) is 18.2. The SMILES string of the molecule is Cc1ccc2sc(N(CCCN(C)C)C(=O)c3cc([N+](=O)[O-])cc([N+](=O)[O-])c3)nc2c1C. The molecule has 0 unspecified atom stereocenters. The van der Waals surface area contributed by atoms with Crippen LogP contribution in [-0.2, 0) is 0 Å². The highest BCUT2D eigenvalue weighted by molar-refractivity contribution is 7.22. The second kappa shape index (κ2) is 9.37. The van der Waals surface area contributed by atoms with Gasteiger partial charge in [0.25, 0.3) is 17.3 Å². The molecular formula is C21H23N5O5S. The number of aryl methyl sites for hydroxylation is 2. The molecule has 32 heavy (non-hydrogen) atoms. The molecule has 0 aliphatic rings. The molecular weight excluding hydrogens is 434 g/mol. The summed E-state index contributed by atoms with van der Waals surface area (Å²) in [5.41, 5.74) is 1.74. The maximum atomic E-state index is 13.4. The zero-order valence-corrected chi connectivity index (χ0v) is 19.0. The van der Waals surface area contributed by atoms with Crippen molar-refractivity contribution in [2.24, 2.45) is 0 Å². The molecule has 0 radical (unpaired) electrons. The fourth-order valence-electron chi connectivity index (χ4n) is 3.24. The van der Waals surface area contributed by atoms with Gasteiger partial charge in [-0.1, -0.05) is 17.4 Å². The van der Waals surface area contributed by atoms with Gasteiger partial charge in [0.1, 0.15) is 0 Å². The molecule has 2 aromatic carbocycles. The molecule has 1 aromatic heterocycles. The van der Waals surface area contributed by atoms with Gasteiger partial charge in [-0.05, 0) is 58.1 Å². The number of thiazole rings is 1. The van der Waals surface area contributed by atoms with Gasteiger partial charge in [-0.3, -0.25) is 29.9 Å². The van der Waals surface area contributed by atoms with E-state index in [1.807, 2.05) is 45.0 Å². The van der Waals surface area contributed by atoms with E-state index in [1.165, 1.54) is 16.2 Å². The Bertz CT molecular complexity index is 1170. The van der Waals surface area contributed by atoms with E-state index in [2.05, 4.69) is 4.98 Å². The third-order valence-corrected chi connectivity index (χ3v) is 6.15. The van der Waals surface area contributed by atoms with Gasteiger partial charge in [-0.2, -0.15) is 0 Å². The fraction of sp³-hybridized carbons (Fsp3) is 0.333. The monoisotopic (exact) mass is 457 g/mol. The minimum atomic E-state index is -0.746. The van der Waals surface area contributed by atoms with Crippen LogP contribution in [0.25, 0.3) is 10.2 Å². The number of nitro groups is 2. The number of nitro benzene ring substituents is 2. The van der Waals surface area contributed by atoms with Crippen LogP contribution in [0.4, 0.5) is 16.5 Å². The van der Waals surface area contributed by atoms with E-state index < -0.39 is 27.1 Å². The molecule has 168 valence electrons. The van der Waals surface area contributed by atoms with E-state index in [0.29, 0.717) is 24.6 Å². The minimum Gasteiger partial charge on any atom is -0.309 e. The van der Waals surface area contributed by atoms with Crippen LogP contribution < -0.4 is 4.90 Å². The number of carbonyl (C=O) groups is 1. The first-order valence-electron chi connectivity index (χ1n) is 9.85. The minimum absolute atomic E-state index is 0.122. The van der Waals surface area contributed by atoms with Crippen LogP contribution in [0.1, 0.15) is 27.9 Å². The summed E-state index contributed by atoms with van der Waals surface area (Å²) in [6.07, 6.45) is 0.629. The van der Waals surface area contributed by atoms with E-state index in [9.17, 15) is 25.0 Å². The number of fused-ring (bicyclic) bond motifs is 1. The molecule has 0 aliphatic carbocycles. The molecule has 3 rings (SSSR count). The Morgan fingerprint density at radius 3 is 2.22 bits per heavy atom. The molecule has 0 fully saturated rings. The molecule has 0 bridgehead atoms. The number of carbonyl (C=O) groups excluding carboxylic acids is 1. The number of hydrogen-bond acceptors (Lipinski definition) is 8. The molecule has 0 spiro atoms. The van der Waals surface area contributed by atoms with Gasteiger partial charge < -0.3 is 4.90 Å². The smallest absolute Gasteiger partial charge is 0.277 e. The molecule has 0 N–H and O–H groups in total. The summed E-state index contributed by atoms with van der Waals surface area (Å²) < 4.78 is 0.915. The Labute approximate surface area is 188 Å². The third-order valence-electron chi connectivity index (χ3n) is 5.11. The van der Waals surface area contributed by atoms with Crippen molar-refractivity contribution >= 4 is 44.0 Å². The molecule has 1 heterocycles. The van der Waals surface area contributed by atoms with E-state index in [4.69, 9.17) is 0 Å². The van der Waals surface area contributed by atoms with Gasteiger partial charge in [-0.15, -0.1) is 0 Å². The Kier molecular flexibility index (Phi) is 6.80. The largest absolute Gasteiger partial charge is 0.309 e. The lowest BCUT2D eigenvalue weighted by atomic mass is 10.1. The molecule has 0 saturated heterocycles. The highest BCUT2D eigenvalue weighted by Gasteiger charge is 2.26. The second-order valence-electron chi connectivity index (χ2n) is 7.72. The van der Waals surface area contributed by atoms with Crippen LogP contribution in [-0.4, -0.2) is 52.8 Å². The highest BCUT2D eigenvalue weighted by atomic mass is 32.1. The average molecular weight is 458 g/mol. The van der Waals surface area contributed by atoms with Crippen molar-refractivity contribution in [2.45, 2.75) is 20.3 Å². The zero-order chi connectivity index (χ0) is 23.6. The van der Waals surface area contributed by atoms with Crippen molar-refractivity contribution in [3.8, 4) is 0 Å². The number of amides is 1. The maximum absolute atomic E-state index is 13.4. The number of nitrogens with zero attached hydrogens (tertiary/aromatic N) is 5. The van der Waals surface area contributed by atoms with Crippen LogP contribution in [0, 0.1) is 34.1 Å². The van der Waals surface area contributed by atoms with Gasteiger partial charge in [-0.25, -0.2) is 4.98 Å². The first-order chi connectivity index (χ1) is 15.1. The first-order valence-corrected chi connectivity index (χ1v) is 10.7. The molecule has 10 nitrogen and oxygen atoms in total. The molecule has 0 atom stereocenters. The number of benzene rings is 2. The number of hydrogen-bond donors (Lipinski definition) is 0. The van der Waals surface area contributed by atoms with Crippen molar-refractivity contribution in [2.75, 3.05) is 32.1 Å². The predicted molar refractivity (Wildman–Crippen MR) is 124 cm³/mol. The number of anilines is 1. The Morgan fingerprint density at radius 2 is 1.66 bits per heavy atom. The number of non-ortho nitro benzene ring substituents is 2. The summed E-state index contributed by atoms with van der Waals surface area (Å²) in [6, 6.07) is 6.91. The van der Waals surface area contributed by atoms with Gasteiger partial charge in [0.05, 0.1) is 31.7 Å². The lowest BCUT2D eigenvalue weighted by molar-refractivity contribution is -0.394. The van der Waals surface area contributed by atoms with Gasteiger partial charge in [0.15, 0.2) is 5.13 Å². The van der Waals surface area contributed by atoms with Crippen LogP contribution in [0.3, 0.4) is 0 Å². The van der Waals surface area contributed by atoms with Crippen molar-refractivity contribution in [1.82, 2.24) is 9.88 Å². The summed E-state index contributed by atoms with van der Waals surface area (Å²) in [6.45, 7) is 4.96. The summed E-state index contributed by atoms with van der Waals surface area (Å²) in [4.78, 5) is 42.6. The molecule has 3 aromatic rings. The van der Waals surface area contributed by atoms with Gasteiger partial charge in [0, 0.05) is 18.7 Å². The van der Waals surface area contributed by atoms with Crippen molar-refractivity contribution in [3.05, 3.63) is 67.3 Å². The summed E-state index contributed by atoms with van der Waals surface area (Å²) in [5, 5.41) is 23.0. The third kappa shape index (κ3) is 4.89. The van der Waals surface area contributed by atoms with Crippen molar-refractivity contribution in [1.29, 1.82) is 0 Å². The van der Waals surface area contributed by atoms with E-state index in [0.717, 1.165) is 39.5 Å². The topological polar surface area (TPSA) is 123 Å². The summed E-state index contributed by atoms with van der Waals surface area (Å²) in [5.74, 6) is -0.566. The Morgan fingerprint density at radius 1 is 1.03 bits per heavy atom. The Balaban J connectivity index is 2.08. The predicted octanol–water partition coefficient (Wildman–Crippen LogP) is 4.33. The first kappa shape index (κ1) is 23.2. The fourth-order valence-corrected chi connectivity index (χ4v) is 4.29. The summed E-state index contributed by atoms with van der Waals surface area (Å²) in [7, 11) is 3.83. The van der Waals surface area contributed by atoms with E-state index in [-0.39, 0.29) is 5.56 Å². The highest BCUT2D eigenvalue weighted by Crippen LogP contribution is 2.33. The van der Waals surface area contributed by atoms with Gasteiger partial charge in [0.2, 0.25) is 0 Å². The lowest BCUT2D eigenvalue weighted by Crippen LogP contribution is -2.33. The quantitative estimate of drug-likeness (QED) is 0.364. The van der Waals surface area contributed by atoms with Crippen LogP contribution in [0.15, 0.2) is 30.3 Å². The van der Waals surface area contributed by atoms with Crippen LogP contribution >= 0.6 is 11.3 Å². The Hall–Kier alpha value is -3.44. The van der Waals surface area contributed by atoms with Gasteiger partial charge >= 0.3 is 0 Å². The van der Waals surface area contributed by atoms with E-state index >= 15 is 0 Å². The standard InChI is InChI=1S/C21H23N5O5S/c1-13-6-7-18-19(14(13)2)22-21(32-18)24(9-5-8-23(3)4)20(27)15-10-16(25(28)29)12-17(11-15)26(30)31/h6-7,10-12H,5,8-9H2,1-4H3. The summed E-state index contributed by atoms with van der Waals surface area (Å²) >= 11 is 1.34. The molecule has 0 aliphatic heterocycles. The number of aromatic nitrogens is 1. The molecule has 11 heteroatoms. The van der Waals surface area contributed by atoms with Crippen LogP contribution in [0.2, 0.25) is 0 Å². The maximum Gasteiger partial charge on any atom is 0.277 e. The van der Waals surface area contributed by atoms with Crippen molar-refractivity contribution in [3.63, 3.8) is 0 Å². The van der Waals surface area contributed by atoms with Crippen LogP contribution in [0.5, 0.6) is 0 Å². The molecule has 1 amide bonds. The van der Waals surface area contributed by atoms with E-state index in [1.54, 1.807) is 0 Å². The molecule has 0 saturated carbocycles. The van der Waals surface area contributed by atoms with Crippen molar-refractivity contribution < 1.29 is 14.6 Å². The average Bonchev–Trinajstić information content (AvgIpc) is 3.17. The normalized spacial score (nSPS) is 11.2.